The van der Waals surface area contributed by atoms with Crippen LogP contribution in [0.5, 0.6) is 0 Å². The van der Waals surface area contributed by atoms with Gasteiger partial charge in [-0.05, 0) is 50.4 Å². The quantitative estimate of drug-likeness (QED) is 0.770. The molecule has 5 nitrogen and oxygen atoms in total. The predicted octanol–water partition coefficient (Wildman–Crippen LogP) is 3.79. The molecule has 1 aliphatic rings. The van der Waals surface area contributed by atoms with E-state index >= 15 is 0 Å². The minimum atomic E-state index is -0.0270. The van der Waals surface area contributed by atoms with E-state index in [0.717, 1.165) is 25.1 Å². The molecule has 0 fully saturated rings. The number of nitrogens with one attached hydrogen (secondary N) is 2. The summed E-state index contributed by atoms with van der Waals surface area (Å²) in [5, 5.41) is 11.1. The number of aromatic nitrogens is 2. The van der Waals surface area contributed by atoms with E-state index in [4.69, 9.17) is 11.6 Å². The highest BCUT2D eigenvalue weighted by molar-refractivity contribution is 6.33. The van der Waals surface area contributed by atoms with Crippen LogP contribution in [0.4, 0.5) is 5.69 Å². The lowest BCUT2D eigenvalue weighted by Crippen LogP contribution is -2.24. The first kappa shape index (κ1) is 18.0. The molecule has 2 aromatic rings. The largest absolute Gasteiger partial charge is 0.325 e. The van der Waals surface area contributed by atoms with Crippen molar-refractivity contribution in [3.05, 3.63) is 46.2 Å². The molecule has 0 saturated heterocycles. The topological polar surface area (TPSA) is 61.0 Å². The van der Waals surface area contributed by atoms with E-state index in [0.29, 0.717) is 23.7 Å². The van der Waals surface area contributed by atoms with Gasteiger partial charge in [-0.1, -0.05) is 30.2 Å². The lowest BCUT2D eigenvalue weighted by atomic mass is 10.1. The number of rotatable bonds is 6. The molecular weight excluding hydrogens is 336 g/mol. The Bertz CT molecular complexity index is 728. The summed E-state index contributed by atoms with van der Waals surface area (Å²) < 4.78 is 0. The second-order valence-corrected chi connectivity index (χ2v) is 7.11. The molecule has 0 unspecified atom stereocenters. The Kier molecular flexibility index (Phi) is 6.10. The predicted molar refractivity (Wildman–Crippen MR) is 101 cm³/mol. The molecular formula is C19H25ClN4O. The van der Waals surface area contributed by atoms with E-state index in [1.54, 1.807) is 6.07 Å². The Labute approximate surface area is 153 Å². The van der Waals surface area contributed by atoms with Crippen LogP contribution >= 0.6 is 11.6 Å². The number of benzene rings is 1. The van der Waals surface area contributed by atoms with Crippen LogP contribution in [0.15, 0.2) is 24.3 Å². The fourth-order valence-corrected chi connectivity index (χ4v) is 3.44. The number of hydrogen-bond acceptors (Lipinski definition) is 3. The van der Waals surface area contributed by atoms with E-state index in [9.17, 15) is 4.79 Å². The molecule has 0 atom stereocenters. The lowest BCUT2D eigenvalue weighted by molar-refractivity contribution is -0.116. The van der Waals surface area contributed by atoms with Gasteiger partial charge in [0, 0.05) is 25.2 Å². The molecule has 3 rings (SSSR count). The number of aromatic amines is 1. The van der Waals surface area contributed by atoms with Crippen LogP contribution < -0.4 is 5.32 Å². The number of aryl methyl sites for hydroxylation is 1. The maximum Gasteiger partial charge on any atom is 0.225 e. The minimum Gasteiger partial charge on any atom is -0.325 e. The minimum absolute atomic E-state index is 0.0270. The van der Waals surface area contributed by atoms with Gasteiger partial charge in [0.05, 0.1) is 16.4 Å². The zero-order valence-corrected chi connectivity index (χ0v) is 15.4. The number of amides is 1. The molecule has 1 aromatic carbocycles. The SMILES string of the molecule is CN(CCC(=O)Nc1ccccc1Cl)Cc1n[nH]c2c1CCCCC2. The van der Waals surface area contributed by atoms with Crippen LogP contribution in [0.25, 0.3) is 0 Å². The number of para-hydroxylation sites is 1. The van der Waals surface area contributed by atoms with Crippen molar-refractivity contribution in [3.63, 3.8) is 0 Å². The number of nitrogens with zero attached hydrogens (tertiary/aromatic N) is 2. The van der Waals surface area contributed by atoms with Gasteiger partial charge in [0.25, 0.3) is 0 Å². The molecule has 2 N–H and O–H groups in total. The smallest absolute Gasteiger partial charge is 0.225 e. The maximum atomic E-state index is 12.1. The Balaban J connectivity index is 1.50. The molecule has 1 amide bonds. The highest BCUT2D eigenvalue weighted by atomic mass is 35.5. The average Bonchev–Trinajstić information content (AvgIpc) is 2.82. The first-order chi connectivity index (χ1) is 12.1. The van der Waals surface area contributed by atoms with Crippen LogP contribution in [0.3, 0.4) is 0 Å². The van der Waals surface area contributed by atoms with Crippen LogP contribution in [0, 0.1) is 0 Å². The fourth-order valence-electron chi connectivity index (χ4n) is 3.26. The van der Waals surface area contributed by atoms with E-state index in [1.165, 1.54) is 30.5 Å². The normalized spacial score (nSPS) is 14.2. The van der Waals surface area contributed by atoms with Gasteiger partial charge in [-0.25, -0.2) is 0 Å². The zero-order valence-electron chi connectivity index (χ0n) is 14.6. The molecule has 0 aliphatic heterocycles. The Morgan fingerprint density at radius 3 is 2.92 bits per heavy atom. The summed E-state index contributed by atoms with van der Waals surface area (Å²) in [6, 6.07) is 7.28. The van der Waals surface area contributed by atoms with E-state index in [1.807, 2.05) is 25.2 Å². The van der Waals surface area contributed by atoms with Gasteiger partial charge in [-0.3, -0.25) is 14.8 Å². The average molecular weight is 361 g/mol. The van der Waals surface area contributed by atoms with Crippen molar-refractivity contribution in [2.75, 3.05) is 18.9 Å². The first-order valence-electron chi connectivity index (χ1n) is 8.91. The molecule has 0 radical (unpaired) electrons. The van der Waals surface area contributed by atoms with Crippen LogP contribution in [-0.2, 0) is 24.2 Å². The standard InChI is InChI=1S/C19H25ClN4O/c1-24(12-11-19(25)21-17-10-6-5-8-15(17)20)13-18-14-7-3-2-4-9-16(14)22-23-18/h5-6,8,10H,2-4,7,9,11-13H2,1H3,(H,21,25)(H,22,23). The Morgan fingerprint density at radius 2 is 2.08 bits per heavy atom. The number of H-pyrrole nitrogens is 1. The zero-order chi connectivity index (χ0) is 17.6. The van der Waals surface area contributed by atoms with Gasteiger partial charge < -0.3 is 5.32 Å². The lowest BCUT2D eigenvalue weighted by Gasteiger charge is -2.16. The number of hydrogen-bond donors (Lipinski definition) is 2. The summed E-state index contributed by atoms with van der Waals surface area (Å²) in [5.41, 5.74) is 4.49. The van der Waals surface area contributed by atoms with Crippen molar-refractivity contribution in [3.8, 4) is 0 Å². The van der Waals surface area contributed by atoms with Crippen molar-refractivity contribution >= 4 is 23.2 Å². The van der Waals surface area contributed by atoms with Gasteiger partial charge in [-0.2, -0.15) is 5.10 Å². The maximum absolute atomic E-state index is 12.1. The number of fused-ring (bicyclic) bond motifs is 1. The summed E-state index contributed by atoms with van der Waals surface area (Å²) in [7, 11) is 2.03. The van der Waals surface area contributed by atoms with Gasteiger partial charge >= 0.3 is 0 Å². The Hall–Kier alpha value is -1.85. The van der Waals surface area contributed by atoms with Crippen molar-refractivity contribution in [2.45, 2.75) is 45.1 Å². The summed E-state index contributed by atoms with van der Waals surface area (Å²) in [6.07, 6.45) is 6.42. The van der Waals surface area contributed by atoms with E-state index in [2.05, 4.69) is 20.4 Å². The third-order valence-corrected chi connectivity index (χ3v) is 5.01. The molecule has 0 spiro atoms. The van der Waals surface area contributed by atoms with Crippen LogP contribution in [0.2, 0.25) is 5.02 Å². The molecule has 1 aliphatic carbocycles. The number of anilines is 1. The number of carbonyl (C=O) groups excluding carboxylic acids is 1. The summed E-state index contributed by atoms with van der Waals surface area (Å²) in [6.45, 7) is 1.45. The van der Waals surface area contributed by atoms with Crippen molar-refractivity contribution in [1.82, 2.24) is 15.1 Å². The van der Waals surface area contributed by atoms with Crippen molar-refractivity contribution in [2.24, 2.45) is 0 Å². The molecule has 1 heterocycles. The number of halogens is 1. The molecule has 134 valence electrons. The number of carbonyl (C=O) groups is 1. The molecule has 1 aromatic heterocycles. The van der Waals surface area contributed by atoms with E-state index in [-0.39, 0.29) is 5.91 Å². The van der Waals surface area contributed by atoms with Crippen molar-refractivity contribution in [1.29, 1.82) is 0 Å². The third-order valence-electron chi connectivity index (χ3n) is 4.68. The van der Waals surface area contributed by atoms with Gasteiger partial charge in [0.2, 0.25) is 5.91 Å². The summed E-state index contributed by atoms with van der Waals surface area (Å²) in [5.74, 6) is -0.0270. The Morgan fingerprint density at radius 1 is 1.28 bits per heavy atom. The summed E-state index contributed by atoms with van der Waals surface area (Å²) >= 11 is 6.07. The highest BCUT2D eigenvalue weighted by Crippen LogP contribution is 2.23. The fraction of sp³-hybridized carbons (Fsp3) is 0.474. The second-order valence-electron chi connectivity index (χ2n) is 6.70. The molecule has 25 heavy (non-hydrogen) atoms. The van der Waals surface area contributed by atoms with Crippen LogP contribution in [-0.4, -0.2) is 34.6 Å². The van der Waals surface area contributed by atoms with Gasteiger partial charge in [0.1, 0.15) is 0 Å². The monoisotopic (exact) mass is 360 g/mol. The van der Waals surface area contributed by atoms with Gasteiger partial charge in [0.15, 0.2) is 0 Å². The van der Waals surface area contributed by atoms with Gasteiger partial charge in [-0.15, -0.1) is 0 Å². The highest BCUT2D eigenvalue weighted by Gasteiger charge is 2.17. The van der Waals surface area contributed by atoms with E-state index < -0.39 is 0 Å². The summed E-state index contributed by atoms with van der Waals surface area (Å²) in [4.78, 5) is 14.3. The first-order valence-corrected chi connectivity index (χ1v) is 9.29. The molecule has 0 bridgehead atoms. The van der Waals surface area contributed by atoms with Crippen molar-refractivity contribution < 1.29 is 4.79 Å². The molecule has 6 heteroatoms. The molecule has 0 saturated carbocycles. The second kappa shape index (κ2) is 8.50. The third kappa shape index (κ3) is 4.83. The van der Waals surface area contributed by atoms with Crippen LogP contribution in [0.1, 0.15) is 42.6 Å².